The molecule has 0 aliphatic heterocycles. The maximum atomic E-state index is 12.2. The molecule has 0 bridgehead atoms. The molecule has 0 aliphatic carbocycles. The highest BCUT2D eigenvalue weighted by molar-refractivity contribution is 5.94. The molecule has 3 aromatic rings. The van der Waals surface area contributed by atoms with E-state index < -0.39 is 5.97 Å². The molecule has 1 heterocycles. The fraction of sp³-hybridized carbons (Fsp3) is 0.321. The smallest absolute Gasteiger partial charge is 0.305 e. The Morgan fingerprint density at radius 2 is 1.63 bits per heavy atom. The molecule has 0 spiro atoms. The molecule has 1 aromatic heterocycles. The predicted molar refractivity (Wildman–Crippen MR) is 138 cm³/mol. The van der Waals surface area contributed by atoms with Crippen LogP contribution in [0.5, 0.6) is 5.75 Å². The molecule has 0 saturated carbocycles. The Morgan fingerprint density at radius 1 is 0.971 bits per heavy atom. The van der Waals surface area contributed by atoms with Crippen LogP contribution in [0.1, 0.15) is 55.6 Å². The van der Waals surface area contributed by atoms with Gasteiger partial charge in [0.05, 0.1) is 24.6 Å². The van der Waals surface area contributed by atoms with Gasteiger partial charge < -0.3 is 20.5 Å². The Bertz CT molecular complexity index is 1090. The molecular formula is C28H33N3O4. The minimum Gasteiger partial charge on any atom is -0.494 e. The van der Waals surface area contributed by atoms with Gasteiger partial charge >= 0.3 is 5.97 Å². The van der Waals surface area contributed by atoms with Crippen molar-refractivity contribution in [3.05, 3.63) is 78.0 Å². The third-order valence-electron chi connectivity index (χ3n) is 5.49. The van der Waals surface area contributed by atoms with Gasteiger partial charge in [0.2, 0.25) is 0 Å². The van der Waals surface area contributed by atoms with Crippen molar-refractivity contribution in [3.63, 3.8) is 0 Å². The van der Waals surface area contributed by atoms with Crippen LogP contribution in [0.4, 0.5) is 5.82 Å². The van der Waals surface area contributed by atoms with Crippen molar-refractivity contribution in [3.8, 4) is 16.9 Å². The van der Waals surface area contributed by atoms with Crippen LogP contribution >= 0.6 is 0 Å². The van der Waals surface area contributed by atoms with Crippen molar-refractivity contribution in [1.82, 2.24) is 10.3 Å². The molecule has 0 radical (unpaired) electrons. The third kappa shape index (κ3) is 7.84. The summed E-state index contributed by atoms with van der Waals surface area (Å²) in [4.78, 5) is 27.2. The van der Waals surface area contributed by atoms with Crippen molar-refractivity contribution in [1.29, 1.82) is 0 Å². The summed E-state index contributed by atoms with van der Waals surface area (Å²) < 4.78 is 5.53. The van der Waals surface area contributed by atoms with Gasteiger partial charge in [-0.05, 0) is 60.2 Å². The number of carbonyl (C=O) groups excluding carboxylic acids is 1. The number of nitrogens with zero attached hydrogens (tertiary/aromatic N) is 1. The van der Waals surface area contributed by atoms with E-state index in [-0.39, 0.29) is 24.9 Å². The zero-order chi connectivity index (χ0) is 25.2. The highest BCUT2D eigenvalue weighted by atomic mass is 16.5. The number of nitrogens with one attached hydrogen (secondary N) is 2. The van der Waals surface area contributed by atoms with Crippen molar-refractivity contribution in [2.75, 3.05) is 18.5 Å². The molecule has 2 aromatic carbocycles. The van der Waals surface area contributed by atoms with E-state index in [0.717, 1.165) is 28.9 Å². The van der Waals surface area contributed by atoms with E-state index in [9.17, 15) is 9.59 Å². The second-order valence-electron chi connectivity index (χ2n) is 8.74. The topological polar surface area (TPSA) is 101 Å². The number of ether oxygens (including phenoxy) is 1. The first-order valence-electron chi connectivity index (χ1n) is 11.9. The van der Waals surface area contributed by atoms with Gasteiger partial charge in [0, 0.05) is 12.7 Å². The number of amides is 1. The quantitative estimate of drug-likeness (QED) is 0.317. The Hall–Kier alpha value is -3.87. The van der Waals surface area contributed by atoms with Gasteiger partial charge in [-0.2, -0.15) is 0 Å². The largest absolute Gasteiger partial charge is 0.494 e. The van der Waals surface area contributed by atoms with Crippen LogP contribution in [0, 0.1) is 5.92 Å². The normalized spacial score (nSPS) is 11.7. The summed E-state index contributed by atoms with van der Waals surface area (Å²) in [5.41, 5.74) is 3.82. The van der Waals surface area contributed by atoms with E-state index in [0.29, 0.717) is 23.9 Å². The van der Waals surface area contributed by atoms with E-state index in [1.54, 1.807) is 12.1 Å². The second-order valence-corrected chi connectivity index (χ2v) is 8.74. The van der Waals surface area contributed by atoms with Crippen LogP contribution in [0.25, 0.3) is 11.1 Å². The van der Waals surface area contributed by atoms with Crippen LogP contribution < -0.4 is 15.4 Å². The molecule has 0 saturated heterocycles. The highest BCUT2D eigenvalue weighted by Crippen LogP contribution is 2.29. The van der Waals surface area contributed by atoms with E-state index in [2.05, 4.69) is 65.9 Å². The van der Waals surface area contributed by atoms with Crippen molar-refractivity contribution < 1.29 is 19.4 Å². The number of aliphatic carboxylic acids is 1. The summed E-state index contributed by atoms with van der Waals surface area (Å²) in [6.07, 6.45) is 2.30. The lowest BCUT2D eigenvalue weighted by Gasteiger charge is -2.22. The molecule has 7 nitrogen and oxygen atoms in total. The summed E-state index contributed by atoms with van der Waals surface area (Å²) >= 11 is 0. The molecule has 1 atom stereocenters. The number of aromatic nitrogens is 1. The molecular weight excluding hydrogens is 442 g/mol. The second kappa shape index (κ2) is 12.6. The summed E-state index contributed by atoms with van der Waals surface area (Å²) in [7, 11) is 0. The van der Waals surface area contributed by atoms with Gasteiger partial charge in [-0.3, -0.25) is 9.59 Å². The van der Waals surface area contributed by atoms with Crippen LogP contribution in [-0.2, 0) is 4.79 Å². The molecule has 1 amide bonds. The standard InChI is InChI=1S/C28H33N3O4/c1-4-35-24-12-9-21(10-13-24)20-5-7-22(8-6-20)25(17-19(2)3)31-26-14-11-23(18-30-26)28(34)29-16-15-27(32)33/h5-14,18-19,25H,4,15-17H2,1-3H3,(H,29,34)(H,30,31)(H,32,33). The Balaban J connectivity index is 1.68. The van der Waals surface area contributed by atoms with Gasteiger partial charge in [-0.25, -0.2) is 4.98 Å². The molecule has 0 fully saturated rings. The molecule has 184 valence electrons. The molecule has 7 heteroatoms. The number of pyridine rings is 1. The average Bonchev–Trinajstić information content (AvgIpc) is 2.84. The van der Waals surface area contributed by atoms with Gasteiger partial charge in [-0.15, -0.1) is 0 Å². The first-order chi connectivity index (χ1) is 16.9. The van der Waals surface area contributed by atoms with Gasteiger partial charge in [-0.1, -0.05) is 50.2 Å². The van der Waals surface area contributed by atoms with Crippen molar-refractivity contribution in [2.24, 2.45) is 5.92 Å². The summed E-state index contributed by atoms with van der Waals surface area (Å²) in [5.74, 6) is 0.719. The van der Waals surface area contributed by atoms with Crippen LogP contribution in [-0.4, -0.2) is 35.1 Å². The first-order valence-corrected chi connectivity index (χ1v) is 11.9. The van der Waals surface area contributed by atoms with E-state index in [1.165, 1.54) is 6.20 Å². The Labute approximate surface area is 206 Å². The number of hydrogen-bond acceptors (Lipinski definition) is 5. The Morgan fingerprint density at radius 3 is 2.17 bits per heavy atom. The summed E-state index contributed by atoms with van der Waals surface area (Å²) in [5, 5.41) is 14.8. The molecule has 3 N–H and O–H groups in total. The average molecular weight is 476 g/mol. The number of rotatable bonds is 12. The number of carboxylic acids is 1. The highest BCUT2D eigenvalue weighted by Gasteiger charge is 2.15. The number of carboxylic acid groups (broad SMARTS) is 1. The van der Waals surface area contributed by atoms with Gasteiger partial charge in [0.15, 0.2) is 0 Å². The van der Waals surface area contributed by atoms with Crippen molar-refractivity contribution in [2.45, 2.75) is 39.7 Å². The predicted octanol–water partition coefficient (Wildman–Crippen LogP) is 5.55. The van der Waals surface area contributed by atoms with Crippen LogP contribution in [0.15, 0.2) is 66.9 Å². The number of benzene rings is 2. The monoisotopic (exact) mass is 475 g/mol. The van der Waals surface area contributed by atoms with Crippen LogP contribution in [0.2, 0.25) is 0 Å². The molecule has 3 rings (SSSR count). The zero-order valence-electron chi connectivity index (χ0n) is 20.5. The van der Waals surface area contributed by atoms with Crippen LogP contribution in [0.3, 0.4) is 0 Å². The maximum absolute atomic E-state index is 12.2. The van der Waals surface area contributed by atoms with Gasteiger partial charge in [0.25, 0.3) is 5.91 Å². The fourth-order valence-electron chi connectivity index (χ4n) is 3.74. The van der Waals surface area contributed by atoms with Gasteiger partial charge in [0.1, 0.15) is 11.6 Å². The number of hydrogen-bond donors (Lipinski definition) is 3. The fourth-order valence-corrected chi connectivity index (χ4v) is 3.74. The number of anilines is 1. The van der Waals surface area contributed by atoms with E-state index >= 15 is 0 Å². The summed E-state index contributed by atoms with van der Waals surface area (Å²) in [6, 6.07) is 20.1. The molecule has 35 heavy (non-hydrogen) atoms. The van der Waals surface area contributed by atoms with Crippen molar-refractivity contribution >= 4 is 17.7 Å². The lowest BCUT2D eigenvalue weighted by molar-refractivity contribution is -0.136. The van der Waals surface area contributed by atoms with E-state index in [4.69, 9.17) is 9.84 Å². The molecule has 0 aliphatic rings. The lowest BCUT2D eigenvalue weighted by atomic mass is 9.95. The minimum absolute atomic E-state index is 0.0622. The SMILES string of the molecule is CCOc1ccc(-c2ccc(C(CC(C)C)Nc3ccc(C(=O)NCCC(=O)O)cn3)cc2)cc1. The first kappa shape index (κ1) is 25.7. The zero-order valence-corrected chi connectivity index (χ0v) is 20.5. The Kier molecular flexibility index (Phi) is 9.23. The molecule has 1 unspecified atom stereocenters. The number of carbonyl (C=O) groups is 2. The maximum Gasteiger partial charge on any atom is 0.305 e. The van der Waals surface area contributed by atoms with E-state index in [1.807, 2.05) is 19.1 Å². The lowest BCUT2D eigenvalue weighted by Crippen LogP contribution is -2.26. The minimum atomic E-state index is -0.952. The third-order valence-corrected chi connectivity index (χ3v) is 5.49. The summed E-state index contributed by atoms with van der Waals surface area (Å²) in [6.45, 7) is 7.06.